The van der Waals surface area contributed by atoms with Gasteiger partial charge in [0.25, 0.3) is 5.91 Å². The number of amides is 1. The Morgan fingerprint density at radius 1 is 1.33 bits per heavy atom. The molecule has 122 valence electrons. The van der Waals surface area contributed by atoms with Gasteiger partial charge < -0.3 is 9.88 Å². The Balaban J connectivity index is 1.56. The third-order valence-electron chi connectivity index (χ3n) is 4.31. The molecule has 0 radical (unpaired) electrons. The number of pyridine rings is 1. The fourth-order valence-corrected chi connectivity index (χ4v) is 3.06. The lowest BCUT2D eigenvalue weighted by Gasteiger charge is -2.09. The second-order valence-corrected chi connectivity index (χ2v) is 5.93. The molecule has 1 N–H and O–H groups in total. The van der Waals surface area contributed by atoms with E-state index in [2.05, 4.69) is 25.1 Å². The van der Waals surface area contributed by atoms with Gasteiger partial charge in [-0.2, -0.15) is 0 Å². The summed E-state index contributed by atoms with van der Waals surface area (Å²) in [6.45, 7) is 2.97. The summed E-state index contributed by atoms with van der Waals surface area (Å²) in [4.78, 5) is 16.8. The first-order chi connectivity index (χ1) is 11.6. The van der Waals surface area contributed by atoms with E-state index in [9.17, 15) is 9.18 Å². The number of rotatable bonds is 3. The van der Waals surface area contributed by atoms with Gasteiger partial charge in [-0.3, -0.25) is 9.78 Å². The minimum Gasteiger partial charge on any atom is -0.345 e. The number of hydrogen-bond donors (Lipinski definition) is 1. The minimum absolute atomic E-state index is 0.221. The molecular weight excluding hydrogens is 309 g/mol. The molecule has 1 aromatic carbocycles. The van der Waals surface area contributed by atoms with Crippen LogP contribution >= 0.6 is 0 Å². The van der Waals surface area contributed by atoms with Gasteiger partial charge in [0.05, 0.1) is 23.3 Å². The molecule has 0 saturated carbocycles. The Morgan fingerprint density at radius 3 is 3.08 bits per heavy atom. The van der Waals surface area contributed by atoms with E-state index in [0.717, 1.165) is 36.4 Å². The van der Waals surface area contributed by atoms with Gasteiger partial charge in [0.1, 0.15) is 11.6 Å². The molecule has 0 fully saturated rings. The number of carbonyl (C=O) groups is 1. The molecule has 6 nitrogen and oxygen atoms in total. The van der Waals surface area contributed by atoms with Gasteiger partial charge in [0.15, 0.2) is 5.82 Å². The van der Waals surface area contributed by atoms with Crippen molar-refractivity contribution in [2.75, 3.05) is 0 Å². The summed E-state index contributed by atoms with van der Waals surface area (Å²) >= 11 is 0. The Morgan fingerprint density at radius 2 is 2.21 bits per heavy atom. The molecular formula is C17H16FN5O. The molecule has 1 aliphatic heterocycles. The quantitative estimate of drug-likeness (QED) is 0.801. The molecule has 0 aliphatic carbocycles. The summed E-state index contributed by atoms with van der Waals surface area (Å²) in [5.41, 5.74) is 1.59. The number of nitrogens with zero attached hydrogens (tertiary/aromatic N) is 4. The molecule has 7 heteroatoms. The number of aromatic nitrogens is 4. The van der Waals surface area contributed by atoms with Crippen LogP contribution in [0, 0.1) is 12.7 Å². The van der Waals surface area contributed by atoms with Crippen molar-refractivity contribution in [3.05, 3.63) is 53.0 Å². The lowest BCUT2D eigenvalue weighted by atomic mass is 10.1. The summed E-state index contributed by atoms with van der Waals surface area (Å²) < 4.78 is 15.3. The highest BCUT2D eigenvalue weighted by Gasteiger charge is 2.18. The number of benzene rings is 1. The van der Waals surface area contributed by atoms with Crippen LogP contribution in [0.2, 0.25) is 0 Å². The molecule has 0 spiro atoms. The molecule has 0 unspecified atom stereocenters. The highest BCUT2D eigenvalue weighted by atomic mass is 19.1. The number of hydrogen-bond acceptors (Lipinski definition) is 4. The van der Waals surface area contributed by atoms with E-state index in [0.29, 0.717) is 23.3 Å². The highest BCUT2D eigenvalue weighted by Crippen LogP contribution is 2.18. The third-order valence-corrected chi connectivity index (χ3v) is 4.31. The summed E-state index contributed by atoms with van der Waals surface area (Å²) in [6, 6.07) is 6.09. The molecule has 0 atom stereocenters. The fourth-order valence-electron chi connectivity index (χ4n) is 3.06. The average Bonchev–Trinajstić information content (AvgIpc) is 3.15. The Labute approximate surface area is 137 Å². The second kappa shape index (κ2) is 5.67. The topological polar surface area (TPSA) is 72.7 Å². The first-order valence-corrected chi connectivity index (χ1v) is 7.88. The number of halogens is 1. The van der Waals surface area contributed by atoms with Crippen LogP contribution in [0.5, 0.6) is 0 Å². The molecule has 24 heavy (non-hydrogen) atoms. The largest absolute Gasteiger partial charge is 0.345 e. The standard InChI is InChI=1S/C17H16FN5O/c1-10-13(7-11-4-5-12(18)8-14(11)20-10)17(24)19-9-16-22-21-15-3-2-6-23(15)16/h4-5,7-8H,2-3,6,9H2,1H3,(H,19,24). The van der Waals surface area contributed by atoms with Crippen molar-refractivity contribution in [3.63, 3.8) is 0 Å². The van der Waals surface area contributed by atoms with Crippen molar-refractivity contribution in [1.82, 2.24) is 25.1 Å². The van der Waals surface area contributed by atoms with Gasteiger partial charge in [-0.05, 0) is 31.5 Å². The van der Waals surface area contributed by atoms with E-state index in [1.165, 1.54) is 12.1 Å². The van der Waals surface area contributed by atoms with E-state index in [4.69, 9.17) is 0 Å². The van der Waals surface area contributed by atoms with Crippen molar-refractivity contribution >= 4 is 16.8 Å². The van der Waals surface area contributed by atoms with Gasteiger partial charge in [0.2, 0.25) is 0 Å². The predicted octanol–water partition coefficient (Wildman–Crippen LogP) is 2.15. The SMILES string of the molecule is Cc1nc2cc(F)ccc2cc1C(=O)NCc1nnc2n1CCC2. The van der Waals surface area contributed by atoms with Crippen LogP contribution in [-0.4, -0.2) is 25.7 Å². The normalized spacial score (nSPS) is 13.2. The van der Waals surface area contributed by atoms with Crippen LogP contribution in [0.1, 0.15) is 34.1 Å². The van der Waals surface area contributed by atoms with Crippen molar-refractivity contribution in [1.29, 1.82) is 0 Å². The molecule has 0 bridgehead atoms. The van der Waals surface area contributed by atoms with Gasteiger partial charge in [-0.25, -0.2) is 4.39 Å². The van der Waals surface area contributed by atoms with Crippen molar-refractivity contribution in [3.8, 4) is 0 Å². The van der Waals surface area contributed by atoms with Gasteiger partial charge in [-0.1, -0.05) is 0 Å². The Kier molecular flexibility index (Phi) is 3.48. The maximum Gasteiger partial charge on any atom is 0.253 e. The van der Waals surface area contributed by atoms with E-state index < -0.39 is 0 Å². The zero-order valence-corrected chi connectivity index (χ0v) is 13.2. The third kappa shape index (κ3) is 2.51. The van der Waals surface area contributed by atoms with E-state index >= 15 is 0 Å². The van der Waals surface area contributed by atoms with Crippen LogP contribution in [0.3, 0.4) is 0 Å². The van der Waals surface area contributed by atoms with E-state index in [1.807, 2.05) is 0 Å². The van der Waals surface area contributed by atoms with E-state index in [-0.39, 0.29) is 11.7 Å². The lowest BCUT2D eigenvalue weighted by Crippen LogP contribution is -2.25. The Hall–Kier alpha value is -2.83. The molecule has 0 saturated heterocycles. The number of fused-ring (bicyclic) bond motifs is 2. The maximum absolute atomic E-state index is 13.3. The lowest BCUT2D eigenvalue weighted by molar-refractivity contribution is 0.0948. The van der Waals surface area contributed by atoms with Crippen molar-refractivity contribution in [2.24, 2.45) is 0 Å². The first-order valence-electron chi connectivity index (χ1n) is 7.88. The molecule has 1 amide bonds. The second-order valence-electron chi connectivity index (χ2n) is 5.93. The van der Waals surface area contributed by atoms with Gasteiger partial charge in [0, 0.05) is 24.4 Å². The van der Waals surface area contributed by atoms with Crippen molar-refractivity contribution in [2.45, 2.75) is 32.9 Å². The monoisotopic (exact) mass is 325 g/mol. The highest BCUT2D eigenvalue weighted by molar-refractivity contribution is 5.98. The summed E-state index contributed by atoms with van der Waals surface area (Å²) in [5.74, 6) is 1.18. The summed E-state index contributed by atoms with van der Waals surface area (Å²) in [7, 11) is 0. The molecule has 3 aromatic rings. The van der Waals surface area contributed by atoms with Crippen LogP contribution in [0.4, 0.5) is 4.39 Å². The number of aryl methyl sites for hydroxylation is 2. The van der Waals surface area contributed by atoms with Gasteiger partial charge >= 0.3 is 0 Å². The number of nitrogens with one attached hydrogen (secondary N) is 1. The zero-order chi connectivity index (χ0) is 16.7. The number of carbonyl (C=O) groups excluding carboxylic acids is 1. The average molecular weight is 325 g/mol. The summed E-state index contributed by atoms with van der Waals surface area (Å²) in [5, 5.41) is 11.9. The van der Waals surface area contributed by atoms with Crippen LogP contribution < -0.4 is 5.32 Å². The van der Waals surface area contributed by atoms with Crippen LogP contribution in [0.25, 0.3) is 10.9 Å². The first kappa shape index (κ1) is 14.7. The molecule has 2 aromatic heterocycles. The maximum atomic E-state index is 13.3. The smallest absolute Gasteiger partial charge is 0.253 e. The Bertz CT molecular complexity index is 950. The van der Waals surface area contributed by atoms with Crippen molar-refractivity contribution < 1.29 is 9.18 Å². The predicted molar refractivity (Wildman–Crippen MR) is 86.0 cm³/mol. The summed E-state index contributed by atoms with van der Waals surface area (Å²) in [6.07, 6.45) is 2.00. The molecule has 1 aliphatic rings. The molecule has 4 rings (SSSR count). The molecule has 3 heterocycles. The zero-order valence-electron chi connectivity index (χ0n) is 13.2. The minimum atomic E-state index is -0.340. The van der Waals surface area contributed by atoms with Crippen LogP contribution in [0.15, 0.2) is 24.3 Å². The fraction of sp³-hybridized carbons (Fsp3) is 0.294. The van der Waals surface area contributed by atoms with Crippen LogP contribution in [-0.2, 0) is 19.5 Å². The van der Waals surface area contributed by atoms with E-state index in [1.54, 1.807) is 19.1 Å². The van der Waals surface area contributed by atoms with Gasteiger partial charge in [-0.15, -0.1) is 10.2 Å².